The Bertz CT molecular complexity index is 1020. The van der Waals surface area contributed by atoms with Crippen LogP contribution >= 0.6 is 0 Å². The van der Waals surface area contributed by atoms with Crippen molar-refractivity contribution < 1.29 is 9.59 Å². The molecule has 0 aliphatic carbocycles. The third kappa shape index (κ3) is 3.23. The van der Waals surface area contributed by atoms with Gasteiger partial charge in [-0.1, -0.05) is 60.7 Å². The van der Waals surface area contributed by atoms with E-state index in [1.165, 1.54) is 10.5 Å². The van der Waals surface area contributed by atoms with Crippen LogP contribution < -0.4 is 0 Å². The maximum atomic E-state index is 12.8. The van der Waals surface area contributed by atoms with E-state index in [0.29, 0.717) is 11.1 Å². The molecule has 2 amide bonds. The van der Waals surface area contributed by atoms with Gasteiger partial charge in [0.2, 0.25) is 0 Å². The SMILES string of the molecule is CN(C)Cc1ccccc1-c1ccccc1CN1C(=O)c2ccccc2C1=O. The Morgan fingerprint density at radius 1 is 0.643 bits per heavy atom. The first-order chi connectivity index (χ1) is 13.6. The van der Waals surface area contributed by atoms with Crippen molar-refractivity contribution in [2.24, 2.45) is 0 Å². The van der Waals surface area contributed by atoms with Gasteiger partial charge in [-0.05, 0) is 48.5 Å². The van der Waals surface area contributed by atoms with E-state index in [-0.39, 0.29) is 18.4 Å². The molecule has 0 N–H and O–H groups in total. The van der Waals surface area contributed by atoms with Gasteiger partial charge in [0.25, 0.3) is 11.8 Å². The fourth-order valence-corrected chi connectivity index (χ4v) is 3.74. The maximum absolute atomic E-state index is 12.8. The zero-order chi connectivity index (χ0) is 19.7. The molecule has 1 aliphatic rings. The second-order valence-electron chi connectivity index (χ2n) is 7.29. The highest BCUT2D eigenvalue weighted by Gasteiger charge is 2.35. The highest BCUT2D eigenvalue weighted by atomic mass is 16.2. The van der Waals surface area contributed by atoms with Gasteiger partial charge in [-0.15, -0.1) is 0 Å². The molecular weight excluding hydrogens is 348 g/mol. The smallest absolute Gasteiger partial charge is 0.261 e. The third-order valence-corrected chi connectivity index (χ3v) is 5.02. The molecule has 1 heterocycles. The number of benzene rings is 3. The minimum atomic E-state index is -0.225. The summed E-state index contributed by atoms with van der Waals surface area (Å²) in [6, 6.07) is 23.3. The van der Waals surface area contributed by atoms with Gasteiger partial charge in [0.1, 0.15) is 0 Å². The Morgan fingerprint density at radius 2 is 1.07 bits per heavy atom. The second-order valence-corrected chi connectivity index (χ2v) is 7.29. The first kappa shape index (κ1) is 18.1. The van der Waals surface area contributed by atoms with Gasteiger partial charge >= 0.3 is 0 Å². The molecule has 0 unspecified atom stereocenters. The van der Waals surface area contributed by atoms with E-state index in [9.17, 15) is 9.59 Å². The summed E-state index contributed by atoms with van der Waals surface area (Å²) in [5.41, 5.74) is 5.32. The van der Waals surface area contributed by atoms with E-state index in [0.717, 1.165) is 23.2 Å². The van der Waals surface area contributed by atoms with Crippen molar-refractivity contribution in [1.29, 1.82) is 0 Å². The Morgan fingerprint density at radius 3 is 1.61 bits per heavy atom. The molecule has 140 valence electrons. The first-order valence-corrected chi connectivity index (χ1v) is 9.32. The van der Waals surface area contributed by atoms with Crippen molar-refractivity contribution >= 4 is 11.8 Å². The van der Waals surface area contributed by atoms with Crippen LogP contribution in [0.25, 0.3) is 11.1 Å². The highest BCUT2D eigenvalue weighted by Crippen LogP contribution is 2.31. The average Bonchev–Trinajstić information content (AvgIpc) is 2.94. The van der Waals surface area contributed by atoms with Crippen LogP contribution in [0.15, 0.2) is 72.8 Å². The summed E-state index contributed by atoms with van der Waals surface area (Å²) in [6.45, 7) is 1.08. The van der Waals surface area contributed by atoms with Crippen molar-refractivity contribution in [2.75, 3.05) is 14.1 Å². The number of amides is 2. The minimum absolute atomic E-state index is 0.225. The van der Waals surface area contributed by atoms with Crippen LogP contribution in [0.1, 0.15) is 31.8 Å². The lowest BCUT2D eigenvalue weighted by molar-refractivity contribution is 0.0642. The molecule has 3 aromatic carbocycles. The second kappa shape index (κ2) is 7.41. The number of nitrogens with zero attached hydrogens (tertiary/aromatic N) is 2. The molecular formula is C24H22N2O2. The van der Waals surface area contributed by atoms with Gasteiger partial charge in [-0.2, -0.15) is 0 Å². The Kier molecular flexibility index (Phi) is 4.80. The molecule has 0 radical (unpaired) electrons. The normalized spacial score (nSPS) is 13.3. The average molecular weight is 370 g/mol. The van der Waals surface area contributed by atoms with E-state index in [1.54, 1.807) is 24.3 Å². The standard InChI is InChI=1S/C24H22N2O2/c1-25(2)15-17-9-3-5-11-19(17)20-12-6-4-10-18(20)16-26-23(27)21-13-7-8-14-22(21)24(26)28/h3-14H,15-16H2,1-2H3. The van der Waals surface area contributed by atoms with Crippen LogP contribution in [0.2, 0.25) is 0 Å². The molecule has 0 atom stereocenters. The predicted molar refractivity (Wildman–Crippen MR) is 110 cm³/mol. The number of hydrogen-bond acceptors (Lipinski definition) is 3. The number of rotatable bonds is 5. The number of carbonyl (C=O) groups excluding carboxylic acids is 2. The van der Waals surface area contributed by atoms with Crippen LogP contribution in [0.3, 0.4) is 0 Å². The number of hydrogen-bond donors (Lipinski definition) is 0. The molecule has 1 aliphatic heterocycles. The first-order valence-electron chi connectivity index (χ1n) is 9.32. The lowest BCUT2D eigenvalue weighted by atomic mass is 9.95. The zero-order valence-electron chi connectivity index (χ0n) is 16.1. The van der Waals surface area contributed by atoms with Crippen LogP contribution in [0, 0.1) is 0 Å². The van der Waals surface area contributed by atoms with Crippen molar-refractivity contribution in [2.45, 2.75) is 13.1 Å². The summed E-state index contributed by atoms with van der Waals surface area (Å²) in [5.74, 6) is -0.450. The molecule has 3 aromatic rings. The van der Waals surface area contributed by atoms with E-state index in [1.807, 2.05) is 44.4 Å². The fourth-order valence-electron chi connectivity index (χ4n) is 3.74. The third-order valence-electron chi connectivity index (χ3n) is 5.02. The molecule has 0 saturated carbocycles. The van der Waals surface area contributed by atoms with Crippen molar-refractivity contribution in [3.63, 3.8) is 0 Å². The summed E-state index contributed by atoms with van der Waals surface area (Å²) in [7, 11) is 4.09. The van der Waals surface area contributed by atoms with Crippen molar-refractivity contribution in [1.82, 2.24) is 9.80 Å². The fraction of sp³-hybridized carbons (Fsp3) is 0.167. The lowest BCUT2D eigenvalue weighted by Crippen LogP contribution is -2.29. The van der Waals surface area contributed by atoms with E-state index < -0.39 is 0 Å². The summed E-state index contributed by atoms with van der Waals surface area (Å²) >= 11 is 0. The van der Waals surface area contributed by atoms with Gasteiger partial charge in [0.05, 0.1) is 17.7 Å². The molecule has 4 heteroatoms. The van der Waals surface area contributed by atoms with Gasteiger partial charge in [0, 0.05) is 6.54 Å². The number of carbonyl (C=O) groups is 2. The number of fused-ring (bicyclic) bond motifs is 1. The minimum Gasteiger partial charge on any atom is -0.305 e. The molecule has 0 spiro atoms. The van der Waals surface area contributed by atoms with E-state index >= 15 is 0 Å². The van der Waals surface area contributed by atoms with Crippen molar-refractivity contribution in [3.8, 4) is 11.1 Å². The molecule has 0 bridgehead atoms. The highest BCUT2D eigenvalue weighted by molar-refractivity contribution is 6.21. The summed E-state index contributed by atoms with van der Waals surface area (Å²) < 4.78 is 0. The van der Waals surface area contributed by atoms with E-state index in [2.05, 4.69) is 23.1 Å². The van der Waals surface area contributed by atoms with Crippen LogP contribution in [0.4, 0.5) is 0 Å². The van der Waals surface area contributed by atoms with Crippen LogP contribution in [-0.4, -0.2) is 35.7 Å². The lowest BCUT2D eigenvalue weighted by Gasteiger charge is -2.19. The monoisotopic (exact) mass is 370 g/mol. The van der Waals surface area contributed by atoms with Gasteiger partial charge in [-0.3, -0.25) is 14.5 Å². The van der Waals surface area contributed by atoms with Crippen LogP contribution in [0.5, 0.6) is 0 Å². The molecule has 0 aromatic heterocycles. The molecule has 0 saturated heterocycles. The number of imide groups is 1. The van der Waals surface area contributed by atoms with Gasteiger partial charge in [0.15, 0.2) is 0 Å². The molecule has 28 heavy (non-hydrogen) atoms. The Hall–Kier alpha value is -3.24. The van der Waals surface area contributed by atoms with E-state index in [4.69, 9.17) is 0 Å². The Balaban J connectivity index is 1.71. The molecule has 4 nitrogen and oxygen atoms in total. The quantitative estimate of drug-likeness (QED) is 0.632. The largest absolute Gasteiger partial charge is 0.305 e. The molecule has 4 rings (SSSR count). The summed E-state index contributed by atoms with van der Waals surface area (Å²) in [6.07, 6.45) is 0. The summed E-state index contributed by atoms with van der Waals surface area (Å²) in [4.78, 5) is 29.0. The Labute approximate surface area is 165 Å². The van der Waals surface area contributed by atoms with Crippen molar-refractivity contribution in [3.05, 3.63) is 95.1 Å². The topological polar surface area (TPSA) is 40.6 Å². The zero-order valence-corrected chi connectivity index (χ0v) is 16.1. The summed E-state index contributed by atoms with van der Waals surface area (Å²) in [5, 5.41) is 0. The molecule has 0 fully saturated rings. The van der Waals surface area contributed by atoms with Gasteiger partial charge < -0.3 is 4.90 Å². The predicted octanol–water partition coefficient (Wildman–Crippen LogP) is 4.21. The van der Waals surface area contributed by atoms with Crippen LogP contribution in [-0.2, 0) is 13.1 Å². The maximum Gasteiger partial charge on any atom is 0.261 e. The van der Waals surface area contributed by atoms with Gasteiger partial charge in [-0.25, -0.2) is 0 Å².